The Labute approximate surface area is 202 Å². The van der Waals surface area contributed by atoms with Crippen LogP contribution in [0, 0.1) is 0 Å². The smallest absolute Gasteiger partial charge is 0.193 e. The van der Waals surface area contributed by atoms with Crippen molar-refractivity contribution in [2.24, 2.45) is 4.99 Å². The number of nitrogens with zero attached hydrogens (tertiary/aromatic N) is 3. The van der Waals surface area contributed by atoms with E-state index in [0.717, 1.165) is 83.0 Å². The highest BCUT2D eigenvalue weighted by Crippen LogP contribution is 2.35. The maximum atomic E-state index is 6.31. The zero-order valence-electron chi connectivity index (χ0n) is 17.8. The van der Waals surface area contributed by atoms with Crippen LogP contribution in [0.15, 0.2) is 29.3 Å². The van der Waals surface area contributed by atoms with Crippen LogP contribution in [0.25, 0.3) is 0 Å². The van der Waals surface area contributed by atoms with Gasteiger partial charge in [0.2, 0.25) is 0 Å². The summed E-state index contributed by atoms with van der Waals surface area (Å²) in [6.45, 7) is 8.31. The molecule has 1 atom stereocenters. The molecule has 0 bridgehead atoms. The lowest BCUT2D eigenvalue weighted by molar-refractivity contribution is 0.0194. The summed E-state index contributed by atoms with van der Waals surface area (Å²) < 4.78 is 11.2. The van der Waals surface area contributed by atoms with Gasteiger partial charge in [-0.1, -0.05) is 23.7 Å². The highest BCUT2D eigenvalue weighted by molar-refractivity contribution is 14.0. The van der Waals surface area contributed by atoms with Crippen molar-refractivity contribution in [1.82, 2.24) is 15.1 Å². The molecule has 0 aromatic heterocycles. The van der Waals surface area contributed by atoms with Crippen LogP contribution in [0.1, 0.15) is 24.8 Å². The van der Waals surface area contributed by atoms with Gasteiger partial charge in [-0.3, -0.25) is 9.89 Å². The number of halogens is 2. The van der Waals surface area contributed by atoms with Crippen molar-refractivity contribution in [2.75, 3.05) is 66.2 Å². The van der Waals surface area contributed by atoms with Crippen LogP contribution in [-0.4, -0.2) is 88.0 Å². The van der Waals surface area contributed by atoms with Crippen LogP contribution in [-0.2, 0) is 14.9 Å². The Morgan fingerprint density at radius 2 is 1.90 bits per heavy atom. The molecule has 3 saturated heterocycles. The van der Waals surface area contributed by atoms with Gasteiger partial charge in [0.25, 0.3) is 0 Å². The van der Waals surface area contributed by atoms with Gasteiger partial charge in [0.15, 0.2) is 5.96 Å². The van der Waals surface area contributed by atoms with Crippen LogP contribution in [0.5, 0.6) is 0 Å². The fraction of sp³-hybridized carbons (Fsp3) is 0.682. The normalized spacial score (nSPS) is 25.1. The first-order valence-electron chi connectivity index (χ1n) is 10.8. The standard InChI is InChI=1S/C22H33ClN4O2.HI/c1-24-21(27-8-5-20(16-27)26-9-13-29-14-10-26)25-17-22(6-11-28-12-7-22)18-3-2-4-19(23)15-18;/h2-4,15,20H,5-14,16-17H2,1H3,(H,24,25);1H. The highest BCUT2D eigenvalue weighted by atomic mass is 127. The molecule has 30 heavy (non-hydrogen) atoms. The second-order valence-corrected chi connectivity index (χ2v) is 8.78. The van der Waals surface area contributed by atoms with Gasteiger partial charge in [-0.05, 0) is 37.0 Å². The van der Waals surface area contributed by atoms with E-state index in [1.54, 1.807) is 0 Å². The first-order valence-corrected chi connectivity index (χ1v) is 11.2. The van der Waals surface area contributed by atoms with Crippen molar-refractivity contribution in [3.8, 4) is 0 Å². The molecule has 0 aliphatic carbocycles. The predicted octanol–water partition coefficient (Wildman–Crippen LogP) is 2.99. The Bertz CT molecular complexity index is 708. The molecule has 0 radical (unpaired) electrons. The van der Waals surface area contributed by atoms with Crippen LogP contribution in [0.4, 0.5) is 0 Å². The van der Waals surface area contributed by atoms with E-state index in [2.05, 4.69) is 38.3 Å². The zero-order valence-corrected chi connectivity index (χ0v) is 20.9. The molecular formula is C22H34ClIN4O2. The highest BCUT2D eigenvalue weighted by Gasteiger charge is 2.36. The summed E-state index contributed by atoms with van der Waals surface area (Å²) in [5.41, 5.74) is 1.33. The maximum absolute atomic E-state index is 6.31. The van der Waals surface area contributed by atoms with Gasteiger partial charge in [0.05, 0.1) is 13.2 Å². The minimum atomic E-state index is 0. The molecule has 4 rings (SSSR count). The Morgan fingerprint density at radius 1 is 1.17 bits per heavy atom. The third-order valence-electron chi connectivity index (χ3n) is 6.71. The lowest BCUT2D eigenvalue weighted by Gasteiger charge is -2.39. The fourth-order valence-corrected chi connectivity index (χ4v) is 5.09. The number of rotatable bonds is 4. The summed E-state index contributed by atoms with van der Waals surface area (Å²) in [6, 6.07) is 8.91. The first kappa shape index (κ1) is 24.0. The number of benzene rings is 1. The molecule has 3 aliphatic heterocycles. The molecule has 3 heterocycles. The second kappa shape index (κ2) is 11.3. The second-order valence-electron chi connectivity index (χ2n) is 8.34. The summed E-state index contributed by atoms with van der Waals surface area (Å²) in [6.07, 6.45) is 3.18. The Balaban J connectivity index is 0.00000256. The van der Waals surface area contributed by atoms with Gasteiger partial charge in [-0.25, -0.2) is 0 Å². The summed E-state index contributed by atoms with van der Waals surface area (Å²) in [5, 5.41) is 4.49. The molecule has 6 nitrogen and oxygen atoms in total. The molecule has 0 spiro atoms. The maximum Gasteiger partial charge on any atom is 0.193 e. The molecule has 3 aliphatic rings. The molecule has 1 N–H and O–H groups in total. The summed E-state index contributed by atoms with van der Waals surface area (Å²) >= 11 is 6.31. The van der Waals surface area contributed by atoms with Crippen molar-refractivity contribution < 1.29 is 9.47 Å². The quantitative estimate of drug-likeness (QED) is 0.356. The summed E-state index contributed by atoms with van der Waals surface area (Å²) in [5.74, 6) is 1.01. The number of morpholine rings is 1. The number of aliphatic imine (C=N–C) groups is 1. The third-order valence-corrected chi connectivity index (χ3v) is 6.94. The van der Waals surface area contributed by atoms with Gasteiger partial charge in [-0.15, -0.1) is 24.0 Å². The van der Waals surface area contributed by atoms with Crippen LogP contribution >= 0.6 is 35.6 Å². The monoisotopic (exact) mass is 548 g/mol. The molecule has 1 aromatic carbocycles. The number of ether oxygens (including phenoxy) is 2. The van der Waals surface area contributed by atoms with E-state index in [4.69, 9.17) is 21.1 Å². The summed E-state index contributed by atoms with van der Waals surface area (Å²) in [7, 11) is 1.89. The number of hydrogen-bond donors (Lipinski definition) is 1. The third kappa shape index (κ3) is 5.59. The van der Waals surface area contributed by atoms with E-state index >= 15 is 0 Å². The predicted molar refractivity (Wildman–Crippen MR) is 132 cm³/mol. The van der Waals surface area contributed by atoms with Crippen molar-refractivity contribution in [1.29, 1.82) is 0 Å². The number of nitrogens with one attached hydrogen (secondary N) is 1. The largest absolute Gasteiger partial charge is 0.381 e. The Morgan fingerprint density at radius 3 is 2.60 bits per heavy atom. The van der Waals surface area contributed by atoms with Crippen molar-refractivity contribution >= 4 is 41.5 Å². The van der Waals surface area contributed by atoms with E-state index in [1.165, 1.54) is 12.0 Å². The van der Waals surface area contributed by atoms with E-state index < -0.39 is 0 Å². The molecule has 1 unspecified atom stereocenters. The van der Waals surface area contributed by atoms with E-state index in [0.29, 0.717) is 6.04 Å². The lowest BCUT2D eigenvalue weighted by Crippen LogP contribution is -2.50. The zero-order chi connectivity index (χ0) is 20.1. The Kier molecular flexibility index (Phi) is 9.07. The van der Waals surface area contributed by atoms with Crippen molar-refractivity contribution in [3.63, 3.8) is 0 Å². The SMILES string of the molecule is CN=C(NCC1(c2cccc(Cl)c2)CCOCC1)N1CCC(N2CCOCC2)C1.I. The molecule has 8 heteroatoms. The van der Waals surface area contributed by atoms with E-state index in [1.807, 2.05) is 13.1 Å². The van der Waals surface area contributed by atoms with Gasteiger partial charge in [0, 0.05) is 69.5 Å². The average Bonchev–Trinajstić information content (AvgIpc) is 3.26. The van der Waals surface area contributed by atoms with Crippen LogP contribution < -0.4 is 5.32 Å². The van der Waals surface area contributed by atoms with Gasteiger partial charge in [0.1, 0.15) is 0 Å². The minimum Gasteiger partial charge on any atom is -0.381 e. The molecule has 0 amide bonds. The van der Waals surface area contributed by atoms with Gasteiger partial charge < -0.3 is 19.7 Å². The van der Waals surface area contributed by atoms with Crippen LogP contribution in [0.3, 0.4) is 0 Å². The van der Waals surface area contributed by atoms with E-state index in [-0.39, 0.29) is 29.4 Å². The first-order chi connectivity index (χ1) is 14.2. The minimum absolute atomic E-state index is 0. The number of guanidine groups is 1. The van der Waals surface area contributed by atoms with E-state index in [9.17, 15) is 0 Å². The molecule has 1 aromatic rings. The molecule has 3 fully saturated rings. The number of hydrogen-bond acceptors (Lipinski definition) is 4. The van der Waals surface area contributed by atoms with Crippen molar-refractivity contribution in [2.45, 2.75) is 30.7 Å². The topological polar surface area (TPSA) is 49.3 Å². The Hall–Kier alpha value is -0.610. The average molecular weight is 549 g/mol. The van der Waals surface area contributed by atoms with Crippen molar-refractivity contribution in [3.05, 3.63) is 34.9 Å². The summed E-state index contributed by atoms with van der Waals surface area (Å²) in [4.78, 5) is 9.59. The fourth-order valence-electron chi connectivity index (χ4n) is 4.90. The van der Waals surface area contributed by atoms with Gasteiger partial charge >= 0.3 is 0 Å². The van der Waals surface area contributed by atoms with Crippen LogP contribution in [0.2, 0.25) is 5.02 Å². The molecular weight excluding hydrogens is 515 g/mol. The number of likely N-dealkylation sites (tertiary alicyclic amines) is 1. The lowest BCUT2D eigenvalue weighted by atomic mass is 9.74. The molecule has 168 valence electrons. The molecule has 0 saturated carbocycles. The van der Waals surface area contributed by atoms with Gasteiger partial charge in [-0.2, -0.15) is 0 Å².